The summed E-state index contributed by atoms with van der Waals surface area (Å²) in [7, 11) is 0. The van der Waals surface area contributed by atoms with Crippen LogP contribution < -0.4 is 0 Å². The van der Waals surface area contributed by atoms with Crippen molar-refractivity contribution < 1.29 is 25.8 Å². The molecule has 1 radical (unpaired) electrons. The van der Waals surface area contributed by atoms with Gasteiger partial charge in [-0.1, -0.05) is 46.6 Å². The second kappa shape index (κ2) is 14.8. The topological polar surface area (TPSA) is 26.5 Å². The van der Waals surface area contributed by atoms with Crippen LogP contribution in [0, 0.1) is 20.8 Å². The standard InChI is InChI=1S/C8H17N2.2CH3.Sc/c1-5-9-8(7(3)4)10-6-2;;;/h7H,5-6H2,1-4H3;2*1H3;/q3*-1;. The van der Waals surface area contributed by atoms with Gasteiger partial charge in [0.25, 0.3) is 0 Å². The Labute approximate surface area is 103 Å². The summed E-state index contributed by atoms with van der Waals surface area (Å²) in [6.45, 7) is 10.00. The van der Waals surface area contributed by atoms with Gasteiger partial charge in [-0.2, -0.15) is 0 Å². The van der Waals surface area contributed by atoms with Gasteiger partial charge in [0, 0.05) is 25.8 Å². The molecule has 0 unspecified atom stereocenters. The van der Waals surface area contributed by atoms with E-state index in [2.05, 4.69) is 24.2 Å². The fraction of sp³-hybridized carbons (Fsp3) is 0.700. The van der Waals surface area contributed by atoms with E-state index in [9.17, 15) is 0 Å². The summed E-state index contributed by atoms with van der Waals surface area (Å²) >= 11 is 0. The van der Waals surface area contributed by atoms with Gasteiger partial charge in [-0.05, 0) is 5.92 Å². The summed E-state index contributed by atoms with van der Waals surface area (Å²) in [6, 6.07) is 0. The number of aliphatic imine (C=N–C) groups is 1. The largest absolute Gasteiger partial charge is 0.469 e. The first-order valence-electron chi connectivity index (χ1n) is 3.94. The Balaban J connectivity index is -0.000000135. The first kappa shape index (κ1) is 23.3. The second-order valence-electron chi connectivity index (χ2n) is 2.46. The fourth-order valence-corrected chi connectivity index (χ4v) is 0.739. The maximum Gasteiger partial charge on any atom is 0 e. The van der Waals surface area contributed by atoms with Crippen LogP contribution in [0.25, 0.3) is 5.32 Å². The zero-order chi connectivity index (χ0) is 7.98. The van der Waals surface area contributed by atoms with Gasteiger partial charge in [0.05, 0.1) is 0 Å². The normalized spacial score (nSPS) is 9.46. The van der Waals surface area contributed by atoms with Crippen molar-refractivity contribution in [2.24, 2.45) is 10.9 Å². The van der Waals surface area contributed by atoms with Crippen LogP contribution >= 0.6 is 0 Å². The van der Waals surface area contributed by atoms with Crippen LogP contribution in [0.2, 0.25) is 0 Å². The Morgan fingerprint density at radius 3 is 1.92 bits per heavy atom. The van der Waals surface area contributed by atoms with Crippen LogP contribution in [0.1, 0.15) is 27.7 Å². The molecule has 13 heavy (non-hydrogen) atoms. The molecule has 0 fully saturated rings. The van der Waals surface area contributed by atoms with Gasteiger partial charge in [0.15, 0.2) is 0 Å². The van der Waals surface area contributed by atoms with Crippen LogP contribution in [0.3, 0.4) is 0 Å². The van der Waals surface area contributed by atoms with Crippen LogP contribution in [-0.4, -0.2) is 18.9 Å². The van der Waals surface area contributed by atoms with Crippen molar-refractivity contribution in [2.75, 3.05) is 13.1 Å². The Morgan fingerprint density at radius 1 is 1.23 bits per heavy atom. The van der Waals surface area contributed by atoms with E-state index in [4.69, 9.17) is 0 Å². The van der Waals surface area contributed by atoms with Crippen LogP contribution in [0.4, 0.5) is 0 Å². The maximum absolute atomic E-state index is 4.26. The van der Waals surface area contributed by atoms with Gasteiger partial charge in [0.1, 0.15) is 0 Å². The number of hydrogen-bond acceptors (Lipinski definition) is 1. The van der Waals surface area contributed by atoms with Gasteiger partial charge >= 0.3 is 0 Å². The molecular weight excluding hydrogens is 193 g/mol. The number of hydrogen-bond donors (Lipinski definition) is 0. The van der Waals surface area contributed by atoms with Crippen molar-refractivity contribution in [1.29, 1.82) is 0 Å². The van der Waals surface area contributed by atoms with Crippen LogP contribution in [-0.2, 0) is 25.8 Å². The molecule has 0 amide bonds. The third-order valence-electron chi connectivity index (χ3n) is 1.16. The van der Waals surface area contributed by atoms with E-state index >= 15 is 0 Å². The summed E-state index contributed by atoms with van der Waals surface area (Å²) in [4.78, 5) is 4.26. The minimum Gasteiger partial charge on any atom is -0.469 e. The minimum atomic E-state index is 0. The summed E-state index contributed by atoms with van der Waals surface area (Å²) in [5, 5.41) is 4.26. The summed E-state index contributed by atoms with van der Waals surface area (Å²) in [6.07, 6.45) is 0. The van der Waals surface area contributed by atoms with Crippen molar-refractivity contribution in [1.82, 2.24) is 0 Å². The Hall–Kier alpha value is 0.340. The van der Waals surface area contributed by atoms with Gasteiger partial charge < -0.3 is 25.2 Å². The summed E-state index contributed by atoms with van der Waals surface area (Å²) in [5.74, 6) is 1.48. The maximum atomic E-state index is 4.26. The third kappa shape index (κ3) is 12.3. The molecule has 0 bridgehead atoms. The van der Waals surface area contributed by atoms with Gasteiger partial charge in [-0.15, -0.1) is 0 Å². The average Bonchev–Trinajstić information content (AvgIpc) is 1.87. The summed E-state index contributed by atoms with van der Waals surface area (Å²) in [5.41, 5.74) is 0. The van der Waals surface area contributed by atoms with Crippen molar-refractivity contribution in [3.8, 4) is 0 Å². The Kier molecular flexibility index (Phi) is 26.6. The number of amidine groups is 1. The smallest absolute Gasteiger partial charge is 0 e. The van der Waals surface area contributed by atoms with E-state index in [1.54, 1.807) is 0 Å². The molecule has 0 rings (SSSR count). The van der Waals surface area contributed by atoms with Crippen molar-refractivity contribution in [3.63, 3.8) is 0 Å². The van der Waals surface area contributed by atoms with E-state index in [-0.39, 0.29) is 40.7 Å². The molecule has 0 saturated carbocycles. The third-order valence-corrected chi connectivity index (χ3v) is 1.16. The average molecular weight is 216 g/mol. The molecule has 0 atom stereocenters. The molecule has 0 aliphatic rings. The van der Waals surface area contributed by atoms with Crippen LogP contribution in [0.5, 0.6) is 0 Å². The SMILES string of the molecule is CCN=C([N-]CC)C(C)C.[CH3-].[CH3-].[Sc]. The number of rotatable bonds is 3. The molecule has 0 aromatic heterocycles. The Bertz CT molecular complexity index is 111. The van der Waals surface area contributed by atoms with Gasteiger partial charge in [0.2, 0.25) is 0 Å². The van der Waals surface area contributed by atoms with Crippen molar-refractivity contribution >= 4 is 5.84 Å². The molecular formula is C10H23N2Sc-3. The first-order valence-corrected chi connectivity index (χ1v) is 3.94. The molecule has 0 aliphatic carbocycles. The van der Waals surface area contributed by atoms with Crippen molar-refractivity contribution in [2.45, 2.75) is 27.7 Å². The van der Waals surface area contributed by atoms with Gasteiger partial charge in [-0.25, -0.2) is 0 Å². The van der Waals surface area contributed by atoms with E-state index in [1.165, 1.54) is 0 Å². The predicted molar refractivity (Wildman–Crippen MR) is 59.5 cm³/mol. The number of nitrogens with zero attached hydrogens (tertiary/aromatic N) is 2. The Morgan fingerprint density at radius 2 is 1.69 bits per heavy atom. The van der Waals surface area contributed by atoms with E-state index < -0.39 is 0 Å². The molecule has 3 heteroatoms. The zero-order valence-electron chi connectivity index (χ0n) is 9.96. The van der Waals surface area contributed by atoms with Crippen molar-refractivity contribution in [3.05, 3.63) is 20.2 Å². The molecule has 2 nitrogen and oxygen atoms in total. The molecule has 0 N–H and O–H groups in total. The summed E-state index contributed by atoms with van der Waals surface area (Å²) < 4.78 is 0. The zero-order valence-corrected chi connectivity index (χ0v) is 11.8. The minimum absolute atomic E-state index is 0. The molecule has 0 spiro atoms. The quantitative estimate of drug-likeness (QED) is 0.393. The molecule has 0 aliphatic heterocycles. The van der Waals surface area contributed by atoms with E-state index in [1.807, 2.05) is 13.8 Å². The van der Waals surface area contributed by atoms with Gasteiger partial charge in [-0.3, -0.25) is 0 Å². The molecule has 0 heterocycles. The second-order valence-corrected chi connectivity index (χ2v) is 2.46. The van der Waals surface area contributed by atoms with Crippen LogP contribution in [0.15, 0.2) is 4.99 Å². The molecule has 0 aromatic rings. The molecule has 79 valence electrons. The first-order chi connectivity index (χ1) is 4.72. The molecule has 0 saturated heterocycles. The monoisotopic (exact) mass is 216 g/mol. The van der Waals surface area contributed by atoms with E-state index in [0.29, 0.717) is 5.92 Å². The predicted octanol–water partition coefficient (Wildman–Crippen LogP) is 3.35. The van der Waals surface area contributed by atoms with E-state index in [0.717, 1.165) is 18.9 Å². The molecule has 0 aromatic carbocycles. The fourth-order valence-electron chi connectivity index (χ4n) is 0.739.